The Balaban J connectivity index is 2.51. The van der Waals surface area contributed by atoms with Crippen molar-refractivity contribution in [3.63, 3.8) is 0 Å². The summed E-state index contributed by atoms with van der Waals surface area (Å²) < 4.78 is 0. The maximum Gasteiger partial charge on any atom is 0.181 e. The average molecular weight is 317 g/mol. The summed E-state index contributed by atoms with van der Waals surface area (Å²) in [6.45, 7) is 3.85. The second-order valence-corrected chi connectivity index (χ2v) is 5.91. The van der Waals surface area contributed by atoms with Gasteiger partial charge in [0.05, 0.1) is 5.76 Å². The van der Waals surface area contributed by atoms with Gasteiger partial charge < -0.3 is 21.1 Å². The Morgan fingerprint density at radius 1 is 1.26 bits per heavy atom. The molecule has 0 fully saturated rings. The minimum absolute atomic E-state index is 0.00268. The Morgan fingerprint density at radius 3 is 2.43 bits per heavy atom. The van der Waals surface area contributed by atoms with Gasteiger partial charge in [-0.3, -0.25) is 4.79 Å². The summed E-state index contributed by atoms with van der Waals surface area (Å²) in [6, 6.07) is 9.51. The van der Waals surface area contributed by atoms with Gasteiger partial charge in [-0.25, -0.2) is 0 Å². The lowest BCUT2D eigenvalue weighted by Crippen LogP contribution is -2.38. The van der Waals surface area contributed by atoms with Gasteiger partial charge in [-0.2, -0.15) is 0 Å². The molecular formula is C18H23NO4. The fraction of sp³-hybridized carbons (Fsp3) is 0.389. The first-order valence-corrected chi connectivity index (χ1v) is 7.69. The lowest BCUT2D eigenvalue weighted by molar-refractivity contribution is -0.126. The van der Waals surface area contributed by atoms with E-state index >= 15 is 0 Å². The van der Waals surface area contributed by atoms with Crippen molar-refractivity contribution in [3.8, 4) is 0 Å². The van der Waals surface area contributed by atoms with E-state index in [1.54, 1.807) is 6.08 Å². The highest BCUT2D eigenvalue weighted by Crippen LogP contribution is 2.43. The van der Waals surface area contributed by atoms with E-state index in [9.17, 15) is 20.1 Å². The van der Waals surface area contributed by atoms with Crippen molar-refractivity contribution < 1.29 is 20.1 Å². The molecule has 1 aliphatic rings. The number of carbonyl (C=O) groups excluding carboxylic acids is 1. The van der Waals surface area contributed by atoms with Crippen LogP contribution in [0.15, 0.2) is 54.3 Å². The number of hydrogen-bond donors (Lipinski definition) is 4. The summed E-state index contributed by atoms with van der Waals surface area (Å²) in [7, 11) is 0. The van der Waals surface area contributed by atoms with Crippen LogP contribution >= 0.6 is 0 Å². The van der Waals surface area contributed by atoms with Crippen molar-refractivity contribution in [2.45, 2.75) is 25.0 Å². The average Bonchev–Trinajstić information content (AvgIpc) is 2.51. The van der Waals surface area contributed by atoms with E-state index in [1.165, 1.54) is 0 Å². The van der Waals surface area contributed by atoms with Crippen LogP contribution in [0.25, 0.3) is 0 Å². The molecule has 5 N–H and O–H groups in total. The van der Waals surface area contributed by atoms with Gasteiger partial charge in [0.15, 0.2) is 12.1 Å². The molecule has 124 valence electrons. The Labute approximate surface area is 135 Å². The number of ketones is 1. The molecule has 0 saturated carbocycles. The largest absolute Gasteiger partial charge is 0.513 e. The van der Waals surface area contributed by atoms with Crippen LogP contribution in [0.4, 0.5) is 0 Å². The van der Waals surface area contributed by atoms with Crippen LogP contribution in [0.3, 0.4) is 0 Å². The fourth-order valence-corrected chi connectivity index (χ4v) is 3.36. The number of aliphatic hydroxyl groups excluding tert-OH is 2. The minimum atomic E-state index is -1.81. The van der Waals surface area contributed by atoms with E-state index in [2.05, 4.69) is 6.58 Å². The number of Topliss-reactive ketones (excluding diaryl/α,β-unsaturated/α-hetero) is 1. The Hall–Kier alpha value is -1.95. The van der Waals surface area contributed by atoms with E-state index in [-0.39, 0.29) is 35.4 Å². The molecule has 5 nitrogen and oxygen atoms in total. The molecule has 5 heteroatoms. The highest BCUT2D eigenvalue weighted by atomic mass is 16.5. The van der Waals surface area contributed by atoms with Crippen molar-refractivity contribution in [2.75, 3.05) is 6.54 Å². The van der Waals surface area contributed by atoms with Crippen molar-refractivity contribution in [1.29, 1.82) is 0 Å². The van der Waals surface area contributed by atoms with Gasteiger partial charge >= 0.3 is 0 Å². The third kappa shape index (κ3) is 3.88. The van der Waals surface area contributed by atoms with E-state index in [4.69, 9.17) is 5.73 Å². The highest BCUT2D eigenvalue weighted by Gasteiger charge is 2.41. The molecule has 0 saturated heterocycles. The normalized spacial score (nSPS) is 24.6. The quantitative estimate of drug-likeness (QED) is 0.472. The zero-order chi connectivity index (χ0) is 17.0. The smallest absolute Gasteiger partial charge is 0.181 e. The van der Waals surface area contributed by atoms with Gasteiger partial charge in [0.2, 0.25) is 0 Å². The lowest BCUT2D eigenvalue weighted by atomic mass is 9.67. The van der Waals surface area contributed by atoms with Crippen LogP contribution in [0, 0.1) is 11.8 Å². The van der Waals surface area contributed by atoms with Crippen molar-refractivity contribution >= 4 is 5.78 Å². The van der Waals surface area contributed by atoms with Gasteiger partial charge in [0.1, 0.15) is 0 Å². The first-order chi connectivity index (χ1) is 11.0. The summed E-state index contributed by atoms with van der Waals surface area (Å²) in [6.07, 6.45) is 0.473. The number of nitrogens with two attached hydrogens (primary N) is 1. The summed E-state index contributed by atoms with van der Waals surface area (Å²) in [4.78, 5) is 12.6. The lowest BCUT2D eigenvalue weighted by Gasteiger charge is -2.36. The molecule has 0 bridgehead atoms. The number of benzene rings is 1. The molecule has 1 aromatic rings. The molecule has 1 aliphatic carbocycles. The zero-order valence-corrected chi connectivity index (χ0v) is 12.9. The maximum atomic E-state index is 12.6. The minimum Gasteiger partial charge on any atom is -0.513 e. The first kappa shape index (κ1) is 17.4. The van der Waals surface area contributed by atoms with Crippen LogP contribution < -0.4 is 5.73 Å². The molecule has 2 rings (SSSR count). The van der Waals surface area contributed by atoms with Crippen LogP contribution in [0.5, 0.6) is 0 Å². The molecule has 23 heavy (non-hydrogen) atoms. The molecule has 2 unspecified atom stereocenters. The number of allylic oxidation sites excluding steroid dienone is 2. The molecule has 0 radical (unpaired) electrons. The van der Waals surface area contributed by atoms with Gasteiger partial charge in [-0.05, 0) is 24.4 Å². The topological polar surface area (TPSA) is 104 Å². The van der Waals surface area contributed by atoms with Crippen LogP contribution in [-0.2, 0) is 4.79 Å². The fourth-order valence-electron chi connectivity index (χ4n) is 3.36. The van der Waals surface area contributed by atoms with Gasteiger partial charge in [0.25, 0.3) is 0 Å². The first-order valence-electron chi connectivity index (χ1n) is 7.69. The monoisotopic (exact) mass is 317 g/mol. The predicted octanol–water partition coefficient (Wildman–Crippen LogP) is 1.63. The van der Waals surface area contributed by atoms with Gasteiger partial charge in [-0.1, -0.05) is 43.0 Å². The second kappa shape index (κ2) is 7.55. The zero-order valence-electron chi connectivity index (χ0n) is 12.9. The van der Waals surface area contributed by atoms with Crippen molar-refractivity contribution in [1.82, 2.24) is 0 Å². The molecule has 0 amide bonds. The van der Waals surface area contributed by atoms with E-state index < -0.39 is 12.2 Å². The molecule has 0 spiro atoms. The predicted molar refractivity (Wildman–Crippen MR) is 87.5 cm³/mol. The number of aliphatic hydroxyl groups is 3. The third-order valence-corrected chi connectivity index (χ3v) is 4.37. The molecule has 0 aliphatic heterocycles. The molecular weight excluding hydrogens is 294 g/mol. The number of carbonyl (C=O) groups is 1. The number of hydrogen-bond acceptors (Lipinski definition) is 5. The Kier molecular flexibility index (Phi) is 5.71. The molecule has 0 aromatic heterocycles. The Morgan fingerprint density at radius 2 is 1.91 bits per heavy atom. The third-order valence-electron chi connectivity index (χ3n) is 4.37. The van der Waals surface area contributed by atoms with Gasteiger partial charge in [-0.15, -0.1) is 0 Å². The van der Waals surface area contributed by atoms with Crippen molar-refractivity contribution in [2.24, 2.45) is 17.6 Å². The van der Waals surface area contributed by atoms with Crippen molar-refractivity contribution in [3.05, 3.63) is 59.9 Å². The van der Waals surface area contributed by atoms with E-state index in [1.807, 2.05) is 30.3 Å². The highest BCUT2D eigenvalue weighted by molar-refractivity contribution is 5.99. The standard InChI is InChI=1S/C18H23NO4/c1-11(20)9-15-13(7-8-19)17(21)16(18(22)23)10-14(15)12-5-3-2-4-6-12/h2-6,10,13-15,18,20,22-23H,1,7-9,19H2/t13?,14-,15?/m1/s1. The summed E-state index contributed by atoms with van der Waals surface area (Å²) in [5.41, 5.74) is 6.59. The molecule has 3 atom stereocenters. The Bertz CT molecular complexity index is 594. The van der Waals surface area contributed by atoms with Crippen LogP contribution in [-0.4, -0.2) is 33.9 Å². The SMILES string of the molecule is C=C(O)CC1C(CCN)C(=O)C(C(O)O)=C[C@@H]1c1ccccc1. The van der Waals surface area contributed by atoms with Crippen LogP contribution in [0.1, 0.15) is 24.3 Å². The second-order valence-electron chi connectivity index (χ2n) is 5.91. The summed E-state index contributed by atoms with van der Waals surface area (Å²) >= 11 is 0. The van der Waals surface area contributed by atoms with E-state index in [0.29, 0.717) is 13.0 Å². The van der Waals surface area contributed by atoms with Gasteiger partial charge in [0, 0.05) is 23.8 Å². The van der Waals surface area contributed by atoms with Crippen LogP contribution in [0.2, 0.25) is 0 Å². The maximum absolute atomic E-state index is 12.6. The summed E-state index contributed by atoms with van der Waals surface area (Å²) in [5.74, 6) is -1.22. The summed E-state index contributed by atoms with van der Waals surface area (Å²) in [5, 5.41) is 28.7. The molecule has 0 heterocycles. The number of rotatable bonds is 6. The van der Waals surface area contributed by atoms with E-state index in [0.717, 1.165) is 5.56 Å². The molecule has 1 aromatic carbocycles.